The number of ether oxygens (including phenoxy) is 2. The third kappa shape index (κ3) is 7.19. The number of rotatable bonds is 10. The predicted octanol–water partition coefficient (Wildman–Crippen LogP) is 6.95. The number of fused-ring (bicyclic) bond motifs is 1. The van der Waals surface area contributed by atoms with Gasteiger partial charge in [-0.25, -0.2) is 9.97 Å². The van der Waals surface area contributed by atoms with Crippen molar-refractivity contribution in [3.8, 4) is 11.5 Å². The molecule has 2 heterocycles. The number of nitrogens with zero attached hydrogens (tertiary/aromatic N) is 4. The van der Waals surface area contributed by atoms with Crippen LogP contribution in [-0.2, 0) is 0 Å². The summed E-state index contributed by atoms with van der Waals surface area (Å²) < 4.78 is 11.7. The van der Waals surface area contributed by atoms with E-state index in [1.54, 1.807) is 19.2 Å². The van der Waals surface area contributed by atoms with Crippen LogP contribution < -0.4 is 14.8 Å². The Morgan fingerprint density at radius 1 is 1.11 bits per heavy atom. The lowest BCUT2D eigenvalue weighted by Gasteiger charge is -2.31. The molecule has 1 fully saturated rings. The monoisotopic (exact) mass is 561 g/mol. The van der Waals surface area contributed by atoms with Gasteiger partial charge in [0.1, 0.15) is 18.8 Å². The standard InChI is InChI=1S/C27H33Cl2N5O2S/c1-4-34-11-8-18(9-12-34)27(37-5-2)30-10-13-36-25-16-23-20(15-24(25)35-3)26(32-17-31-23)33-19-6-7-21(28)22(29)14-19/h6-7,14-18H,4-5,8-13H2,1-3H3,(H,31,32,33). The normalized spacial score (nSPS) is 15.2. The van der Waals surface area contributed by atoms with E-state index in [1.165, 1.54) is 24.2 Å². The number of nitrogens with one attached hydrogen (secondary N) is 1. The third-order valence-corrected chi connectivity index (χ3v) is 8.18. The first-order valence-electron chi connectivity index (χ1n) is 12.6. The van der Waals surface area contributed by atoms with Gasteiger partial charge in [0, 0.05) is 23.1 Å². The number of likely N-dealkylation sites (tertiary alicyclic amines) is 1. The van der Waals surface area contributed by atoms with Crippen LogP contribution in [0.1, 0.15) is 26.7 Å². The summed E-state index contributed by atoms with van der Waals surface area (Å²) in [6.45, 7) is 8.91. The highest BCUT2D eigenvalue weighted by molar-refractivity contribution is 8.13. The van der Waals surface area contributed by atoms with Crippen LogP contribution in [0.3, 0.4) is 0 Å². The van der Waals surface area contributed by atoms with Crippen molar-refractivity contribution in [2.24, 2.45) is 10.9 Å². The van der Waals surface area contributed by atoms with Crippen molar-refractivity contribution < 1.29 is 9.47 Å². The Hall–Kier alpha value is -2.26. The predicted molar refractivity (Wildman–Crippen MR) is 157 cm³/mol. The number of hydrogen-bond donors (Lipinski definition) is 1. The summed E-state index contributed by atoms with van der Waals surface area (Å²) in [5.74, 6) is 3.46. The Morgan fingerprint density at radius 2 is 1.92 bits per heavy atom. The van der Waals surface area contributed by atoms with Gasteiger partial charge in [-0.3, -0.25) is 4.99 Å². The SMILES string of the molecule is CCSC(=NCCOc1cc2ncnc(Nc3ccc(Cl)c(Cl)c3)c2cc1OC)C1CCN(CC)CC1. The van der Waals surface area contributed by atoms with E-state index in [9.17, 15) is 0 Å². The topological polar surface area (TPSA) is 71.9 Å². The van der Waals surface area contributed by atoms with Gasteiger partial charge in [0.15, 0.2) is 11.5 Å². The highest BCUT2D eigenvalue weighted by Gasteiger charge is 2.22. The quantitative estimate of drug-likeness (QED) is 0.163. The second kappa shape index (κ2) is 13.5. The summed E-state index contributed by atoms with van der Waals surface area (Å²) >= 11 is 14.1. The van der Waals surface area contributed by atoms with Gasteiger partial charge in [0.2, 0.25) is 0 Å². The molecule has 1 saturated heterocycles. The second-order valence-electron chi connectivity index (χ2n) is 8.71. The molecule has 10 heteroatoms. The number of halogens is 2. The van der Waals surface area contributed by atoms with Gasteiger partial charge in [-0.1, -0.05) is 37.0 Å². The van der Waals surface area contributed by atoms with E-state index in [4.69, 9.17) is 37.7 Å². The number of methoxy groups -OCH3 is 1. The zero-order valence-corrected chi connectivity index (χ0v) is 23.8. The highest BCUT2D eigenvalue weighted by Crippen LogP contribution is 2.35. The van der Waals surface area contributed by atoms with E-state index in [1.807, 2.05) is 30.0 Å². The van der Waals surface area contributed by atoms with Crippen molar-refractivity contribution in [2.75, 3.05) is 51.0 Å². The number of hydrogen-bond acceptors (Lipinski definition) is 8. The molecule has 0 amide bonds. The van der Waals surface area contributed by atoms with Crippen LogP contribution in [0.15, 0.2) is 41.7 Å². The van der Waals surface area contributed by atoms with Crippen molar-refractivity contribution in [1.82, 2.24) is 14.9 Å². The molecule has 0 bridgehead atoms. The number of thioether (sulfide) groups is 1. The molecule has 1 aromatic heterocycles. The van der Waals surface area contributed by atoms with E-state index < -0.39 is 0 Å². The fraction of sp³-hybridized carbons (Fsp3) is 0.444. The Bertz CT molecular complexity index is 1230. The van der Waals surface area contributed by atoms with Gasteiger partial charge in [-0.15, -0.1) is 11.8 Å². The summed E-state index contributed by atoms with van der Waals surface area (Å²) in [7, 11) is 1.63. The Morgan fingerprint density at radius 3 is 2.62 bits per heavy atom. The number of benzene rings is 2. The van der Waals surface area contributed by atoms with Gasteiger partial charge in [0.05, 0.1) is 34.3 Å². The van der Waals surface area contributed by atoms with E-state index >= 15 is 0 Å². The minimum Gasteiger partial charge on any atom is -0.493 e. The Kier molecular flexibility index (Phi) is 10.1. The summed E-state index contributed by atoms with van der Waals surface area (Å²) in [5.41, 5.74) is 1.51. The molecule has 0 radical (unpaired) electrons. The van der Waals surface area contributed by atoms with E-state index in [0.29, 0.717) is 46.4 Å². The van der Waals surface area contributed by atoms with Crippen molar-refractivity contribution in [3.63, 3.8) is 0 Å². The van der Waals surface area contributed by atoms with E-state index in [2.05, 4.69) is 34.0 Å². The third-order valence-electron chi connectivity index (χ3n) is 6.40. The van der Waals surface area contributed by atoms with E-state index in [0.717, 1.165) is 42.0 Å². The van der Waals surface area contributed by atoms with Crippen LogP contribution in [0, 0.1) is 5.92 Å². The van der Waals surface area contributed by atoms with Crippen LogP contribution in [0.5, 0.6) is 11.5 Å². The molecule has 198 valence electrons. The zero-order valence-electron chi connectivity index (χ0n) is 21.5. The molecule has 0 spiro atoms. The fourth-order valence-corrected chi connectivity index (χ4v) is 5.64. The van der Waals surface area contributed by atoms with Crippen molar-refractivity contribution in [1.29, 1.82) is 0 Å². The second-order valence-corrected chi connectivity index (χ2v) is 10.8. The molecule has 0 saturated carbocycles. The lowest BCUT2D eigenvalue weighted by atomic mass is 9.98. The summed E-state index contributed by atoms with van der Waals surface area (Å²) in [6.07, 6.45) is 3.87. The number of aliphatic imine (C=N–C) groups is 1. The van der Waals surface area contributed by atoms with Gasteiger partial charge in [-0.2, -0.15) is 0 Å². The molecule has 37 heavy (non-hydrogen) atoms. The highest BCUT2D eigenvalue weighted by atomic mass is 35.5. The largest absolute Gasteiger partial charge is 0.493 e. The average molecular weight is 563 g/mol. The first kappa shape index (κ1) is 27.8. The molecule has 3 aromatic rings. The van der Waals surface area contributed by atoms with Crippen LogP contribution in [0.2, 0.25) is 10.0 Å². The van der Waals surface area contributed by atoms with Crippen LogP contribution in [0.25, 0.3) is 10.9 Å². The lowest BCUT2D eigenvalue weighted by Crippen LogP contribution is -2.35. The number of aromatic nitrogens is 2. The molecular weight excluding hydrogens is 529 g/mol. The van der Waals surface area contributed by atoms with Crippen molar-refractivity contribution in [3.05, 3.63) is 46.7 Å². The van der Waals surface area contributed by atoms with E-state index in [-0.39, 0.29) is 0 Å². The number of anilines is 2. The molecule has 1 aliphatic heterocycles. The van der Waals surface area contributed by atoms with Gasteiger partial charge < -0.3 is 19.7 Å². The van der Waals surface area contributed by atoms with Gasteiger partial charge >= 0.3 is 0 Å². The maximum Gasteiger partial charge on any atom is 0.163 e. The first-order chi connectivity index (χ1) is 18.0. The smallest absolute Gasteiger partial charge is 0.163 e. The lowest BCUT2D eigenvalue weighted by molar-refractivity contribution is 0.220. The fourth-order valence-electron chi connectivity index (χ4n) is 4.39. The summed E-state index contributed by atoms with van der Waals surface area (Å²) in [6, 6.07) is 9.10. The van der Waals surface area contributed by atoms with Gasteiger partial charge in [-0.05, 0) is 62.5 Å². The molecule has 0 atom stereocenters. The van der Waals surface area contributed by atoms with Crippen molar-refractivity contribution >= 4 is 62.4 Å². The molecule has 0 aliphatic carbocycles. The van der Waals surface area contributed by atoms with Crippen LogP contribution in [-0.4, -0.2) is 65.6 Å². The molecule has 4 rings (SSSR count). The first-order valence-corrected chi connectivity index (χ1v) is 14.3. The maximum absolute atomic E-state index is 6.17. The Labute approximate surface area is 233 Å². The van der Waals surface area contributed by atoms with Gasteiger partial charge in [0.25, 0.3) is 0 Å². The Balaban J connectivity index is 1.45. The molecule has 7 nitrogen and oxygen atoms in total. The minimum absolute atomic E-state index is 0.461. The van der Waals surface area contributed by atoms with Crippen molar-refractivity contribution in [2.45, 2.75) is 26.7 Å². The molecule has 1 aliphatic rings. The summed E-state index contributed by atoms with van der Waals surface area (Å²) in [5, 5.41) is 6.31. The van der Waals surface area contributed by atoms with Crippen LogP contribution >= 0.6 is 35.0 Å². The molecular formula is C27H33Cl2N5O2S. The average Bonchev–Trinajstić information content (AvgIpc) is 2.92. The summed E-state index contributed by atoms with van der Waals surface area (Å²) in [4.78, 5) is 16.3. The molecule has 0 unspecified atom stereocenters. The zero-order chi connectivity index (χ0) is 26.2. The number of piperidine rings is 1. The maximum atomic E-state index is 6.17. The van der Waals surface area contributed by atoms with Crippen LogP contribution in [0.4, 0.5) is 11.5 Å². The molecule has 2 aromatic carbocycles. The minimum atomic E-state index is 0.461. The molecule has 1 N–H and O–H groups in total.